The molecule has 0 spiro atoms. The number of nitrogens with one attached hydrogen (secondary N) is 1. The van der Waals surface area contributed by atoms with Crippen molar-refractivity contribution in [2.24, 2.45) is 20.5 Å². The fraction of sp³-hybridized carbons (Fsp3) is 0. The molecule has 0 amide bonds. The lowest BCUT2D eigenvalue weighted by Crippen LogP contribution is -1.91. The van der Waals surface area contributed by atoms with Gasteiger partial charge in [-0.15, -0.1) is 20.5 Å². The first-order valence-corrected chi connectivity index (χ1v) is 8.22. The summed E-state index contributed by atoms with van der Waals surface area (Å²) < 4.78 is 0. The van der Waals surface area contributed by atoms with Crippen LogP contribution >= 0.6 is 0 Å². The van der Waals surface area contributed by atoms with E-state index >= 15 is 0 Å². The number of pyridine rings is 3. The van der Waals surface area contributed by atoms with Crippen molar-refractivity contribution < 1.29 is 0 Å². The fourth-order valence-corrected chi connectivity index (χ4v) is 3.32. The van der Waals surface area contributed by atoms with Crippen LogP contribution in [0, 0.1) is 0 Å². The van der Waals surface area contributed by atoms with E-state index in [1.54, 1.807) is 18.6 Å². The second kappa shape index (κ2) is 5.18. The number of H-pyrrole nitrogens is 1. The molecule has 6 heterocycles. The van der Waals surface area contributed by atoms with E-state index in [0.717, 1.165) is 27.8 Å². The molecule has 0 saturated heterocycles. The number of rotatable bonds is 1. The minimum Gasteiger partial charge on any atom is -0.275 e. The summed E-state index contributed by atoms with van der Waals surface area (Å²) in [6.07, 6.45) is 5.10. The Hall–Kier alpha value is -4.14. The minimum atomic E-state index is 0.536. The molecule has 27 heavy (non-hydrogen) atoms. The van der Waals surface area contributed by atoms with Gasteiger partial charge in [0.05, 0.1) is 16.8 Å². The van der Waals surface area contributed by atoms with Gasteiger partial charge in [0.1, 0.15) is 11.4 Å². The maximum absolute atomic E-state index is 4.36. The summed E-state index contributed by atoms with van der Waals surface area (Å²) >= 11 is 0. The lowest BCUT2D eigenvalue weighted by molar-refractivity contribution is 1.10. The van der Waals surface area contributed by atoms with Crippen LogP contribution in [-0.4, -0.2) is 25.1 Å². The van der Waals surface area contributed by atoms with E-state index in [4.69, 9.17) is 0 Å². The van der Waals surface area contributed by atoms with Crippen molar-refractivity contribution in [1.82, 2.24) is 25.1 Å². The van der Waals surface area contributed by atoms with Gasteiger partial charge in [0.25, 0.3) is 0 Å². The fourth-order valence-electron chi connectivity index (χ4n) is 3.32. The summed E-state index contributed by atoms with van der Waals surface area (Å²) in [5.41, 5.74) is 5.24. The quantitative estimate of drug-likeness (QED) is 0.545. The van der Waals surface area contributed by atoms with Crippen molar-refractivity contribution in [3.8, 4) is 11.3 Å². The molecule has 6 rings (SSSR count). The van der Waals surface area contributed by atoms with E-state index in [9.17, 15) is 0 Å². The molecule has 0 fully saturated rings. The van der Waals surface area contributed by atoms with E-state index in [2.05, 4.69) is 45.6 Å². The Morgan fingerprint density at radius 3 is 2.48 bits per heavy atom. The van der Waals surface area contributed by atoms with Gasteiger partial charge in [0.15, 0.2) is 17.3 Å². The Labute approximate surface area is 151 Å². The summed E-state index contributed by atoms with van der Waals surface area (Å²) in [6.45, 7) is 0. The zero-order valence-corrected chi connectivity index (χ0v) is 13.7. The van der Waals surface area contributed by atoms with Crippen LogP contribution in [0.2, 0.25) is 0 Å². The molecule has 2 aliphatic heterocycles. The maximum Gasteiger partial charge on any atom is 0.184 e. The number of aromatic nitrogens is 5. The standard InChI is InChI=1S/C18H9N9/c1-3-10-13(22-25-16(10)19-6-1)9-5-8-21-18-12(9)15(24-27-18)14-11-4-2-7-20-17(11)26-23-14/h1-8H,(H,19,22,25). The van der Waals surface area contributed by atoms with Gasteiger partial charge in [0, 0.05) is 29.5 Å². The third-order valence-corrected chi connectivity index (χ3v) is 4.52. The molecule has 9 heteroatoms. The van der Waals surface area contributed by atoms with Gasteiger partial charge < -0.3 is 0 Å². The Kier molecular flexibility index (Phi) is 2.70. The summed E-state index contributed by atoms with van der Waals surface area (Å²) in [5, 5.41) is 25.3. The van der Waals surface area contributed by atoms with Crippen molar-refractivity contribution in [2.75, 3.05) is 0 Å². The molecule has 0 bridgehead atoms. The molecule has 9 nitrogen and oxygen atoms in total. The lowest BCUT2D eigenvalue weighted by Gasteiger charge is -2.07. The number of hydrogen-bond donors (Lipinski definition) is 1. The zero-order chi connectivity index (χ0) is 17.8. The molecule has 4 aromatic heterocycles. The van der Waals surface area contributed by atoms with Crippen molar-refractivity contribution in [1.29, 1.82) is 0 Å². The van der Waals surface area contributed by atoms with Crippen LogP contribution in [0.3, 0.4) is 0 Å². The first kappa shape index (κ1) is 14.1. The van der Waals surface area contributed by atoms with E-state index in [1.165, 1.54) is 0 Å². The van der Waals surface area contributed by atoms with Crippen LogP contribution in [0.15, 0.2) is 69.4 Å². The van der Waals surface area contributed by atoms with Crippen molar-refractivity contribution in [3.63, 3.8) is 0 Å². The van der Waals surface area contributed by atoms with Crippen LogP contribution in [0.1, 0.15) is 11.1 Å². The highest BCUT2D eigenvalue weighted by atomic mass is 15.2. The number of fused-ring (bicyclic) bond motifs is 3. The third kappa shape index (κ3) is 1.93. The Morgan fingerprint density at radius 1 is 0.667 bits per heavy atom. The smallest absolute Gasteiger partial charge is 0.184 e. The predicted octanol–water partition coefficient (Wildman–Crippen LogP) is 4.44. The lowest BCUT2D eigenvalue weighted by atomic mass is 9.99. The third-order valence-electron chi connectivity index (χ3n) is 4.52. The highest BCUT2D eigenvalue weighted by Crippen LogP contribution is 2.47. The van der Waals surface area contributed by atoms with Crippen molar-refractivity contribution >= 4 is 34.1 Å². The molecule has 0 atom stereocenters. The molecule has 126 valence electrons. The first-order valence-electron chi connectivity index (χ1n) is 8.22. The van der Waals surface area contributed by atoms with Gasteiger partial charge in [0.2, 0.25) is 0 Å². The normalized spacial score (nSPS) is 16.9. The van der Waals surface area contributed by atoms with Gasteiger partial charge >= 0.3 is 0 Å². The highest BCUT2D eigenvalue weighted by Gasteiger charge is 2.29. The number of hydrogen-bond acceptors (Lipinski definition) is 8. The molecule has 0 aliphatic carbocycles. The van der Waals surface area contributed by atoms with Crippen LogP contribution in [-0.2, 0) is 0 Å². The zero-order valence-electron chi connectivity index (χ0n) is 13.7. The first-order chi connectivity index (χ1) is 13.4. The van der Waals surface area contributed by atoms with Crippen molar-refractivity contribution in [2.45, 2.75) is 0 Å². The summed E-state index contributed by atoms with van der Waals surface area (Å²) in [7, 11) is 0. The topological polar surface area (TPSA) is 117 Å². The Morgan fingerprint density at radius 2 is 1.48 bits per heavy atom. The Balaban J connectivity index is 1.64. The monoisotopic (exact) mass is 351 g/mol. The second-order valence-corrected chi connectivity index (χ2v) is 6.00. The van der Waals surface area contributed by atoms with Crippen LogP contribution in [0.5, 0.6) is 0 Å². The number of aromatic amines is 1. The van der Waals surface area contributed by atoms with Crippen molar-refractivity contribution in [3.05, 3.63) is 60.0 Å². The molecular weight excluding hydrogens is 342 g/mol. The minimum absolute atomic E-state index is 0.536. The van der Waals surface area contributed by atoms with Gasteiger partial charge in [-0.1, -0.05) is 0 Å². The van der Waals surface area contributed by atoms with Crippen LogP contribution in [0.25, 0.3) is 33.7 Å². The largest absolute Gasteiger partial charge is 0.275 e. The summed E-state index contributed by atoms with van der Waals surface area (Å²) in [6, 6.07) is 9.53. The maximum atomic E-state index is 4.36. The SMILES string of the molecule is c1cnc2c(c1)C(=C1N=Nc3nccc(-c4[nH]nc5ncccc45)c31)N=N2. The number of nitrogens with zero attached hydrogens (tertiary/aromatic N) is 8. The molecule has 2 aliphatic rings. The number of azo groups is 2. The van der Waals surface area contributed by atoms with Gasteiger partial charge in [-0.05, 0) is 30.3 Å². The predicted molar refractivity (Wildman–Crippen MR) is 97.2 cm³/mol. The van der Waals surface area contributed by atoms with E-state index in [-0.39, 0.29) is 0 Å². The highest BCUT2D eigenvalue weighted by molar-refractivity contribution is 6.03. The molecule has 1 N–H and O–H groups in total. The molecular formula is C18H9N9. The summed E-state index contributed by atoms with van der Waals surface area (Å²) in [5.74, 6) is 1.11. The molecule has 0 radical (unpaired) electrons. The molecule has 0 aromatic carbocycles. The molecule has 0 unspecified atom stereocenters. The van der Waals surface area contributed by atoms with Gasteiger partial charge in [-0.2, -0.15) is 5.10 Å². The van der Waals surface area contributed by atoms with Gasteiger partial charge in [-0.25, -0.2) is 15.0 Å². The van der Waals surface area contributed by atoms with E-state index < -0.39 is 0 Å². The van der Waals surface area contributed by atoms with Gasteiger partial charge in [-0.3, -0.25) is 5.10 Å². The van der Waals surface area contributed by atoms with Crippen LogP contribution in [0.4, 0.5) is 11.6 Å². The van der Waals surface area contributed by atoms with E-state index in [1.807, 2.05) is 30.3 Å². The second-order valence-electron chi connectivity index (χ2n) is 6.00. The van der Waals surface area contributed by atoms with Crippen LogP contribution < -0.4 is 0 Å². The average molecular weight is 351 g/mol. The molecule has 0 saturated carbocycles. The van der Waals surface area contributed by atoms with E-state index in [0.29, 0.717) is 28.7 Å². The average Bonchev–Trinajstić information content (AvgIpc) is 3.43. The Bertz CT molecular complexity index is 1330. The summed E-state index contributed by atoms with van der Waals surface area (Å²) in [4.78, 5) is 12.9. The molecule has 4 aromatic rings.